The number of fused-ring (bicyclic) bond motifs is 7. The maximum absolute atomic E-state index is 8.93. The van der Waals surface area contributed by atoms with E-state index < -0.39 is 0 Å². The van der Waals surface area contributed by atoms with Gasteiger partial charge in [0.2, 0.25) is 0 Å². The number of nitrogens with one attached hydrogen (secondary N) is 1. The van der Waals surface area contributed by atoms with Crippen LogP contribution in [-0.4, -0.2) is 11.9 Å². The van der Waals surface area contributed by atoms with Gasteiger partial charge in [-0.15, -0.1) is 0 Å². The van der Waals surface area contributed by atoms with Gasteiger partial charge in [0.15, 0.2) is 0 Å². The molecule has 2 nitrogen and oxygen atoms in total. The summed E-state index contributed by atoms with van der Waals surface area (Å²) in [7, 11) is 0. The third kappa shape index (κ3) is 5.95. The average molecular weight is 701 g/mol. The van der Waals surface area contributed by atoms with Gasteiger partial charge in [-0.2, -0.15) is 0 Å². The number of allylic oxidation sites excluding steroid dienone is 1. The number of benzene rings is 9. The van der Waals surface area contributed by atoms with E-state index in [-0.39, 0.29) is 0 Å². The van der Waals surface area contributed by atoms with Crippen LogP contribution in [0, 0.1) is 5.41 Å². The predicted molar refractivity (Wildman–Crippen MR) is 233 cm³/mol. The summed E-state index contributed by atoms with van der Waals surface area (Å²) < 4.78 is 0. The Labute approximate surface area is 320 Å². The van der Waals surface area contributed by atoms with Gasteiger partial charge in [0.05, 0.1) is 11.4 Å². The molecule has 0 bridgehead atoms. The van der Waals surface area contributed by atoms with Crippen LogP contribution in [0.1, 0.15) is 27.8 Å². The first-order valence-electron chi connectivity index (χ1n) is 18.8. The first-order chi connectivity index (χ1) is 27.2. The highest BCUT2D eigenvalue weighted by atomic mass is 14.7. The maximum atomic E-state index is 8.93. The van der Waals surface area contributed by atoms with E-state index in [4.69, 9.17) is 10.4 Å². The molecule has 0 heterocycles. The van der Waals surface area contributed by atoms with Crippen molar-refractivity contribution < 1.29 is 0 Å². The zero-order valence-corrected chi connectivity index (χ0v) is 30.2. The molecule has 2 heteroatoms. The number of hydrogen-bond acceptors (Lipinski definition) is 2. The first-order valence-corrected chi connectivity index (χ1v) is 18.8. The van der Waals surface area contributed by atoms with Crippen LogP contribution in [0.15, 0.2) is 199 Å². The van der Waals surface area contributed by atoms with Crippen molar-refractivity contribution >= 4 is 49.9 Å². The van der Waals surface area contributed by atoms with Crippen LogP contribution in [0.25, 0.3) is 71.4 Å². The summed E-state index contributed by atoms with van der Waals surface area (Å²) in [4.78, 5) is 5.09. The number of hydrogen-bond donors (Lipinski definition) is 1. The van der Waals surface area contributed by atoms with Crippen molar-refractivity contribution in [2.45, 2.75) is 6.42 Å². The lowest BCUT2D eigenvalue weighted by Gasteiger charge is -2.12. The molecular formula is C53H36N2. The van der Waals surface area contributed by atoms with Crippen LogP contribution in [0.5, 0.6) is 0 Å². The van der Waals surface area contributed by atoms with E-state index in [0.29, 0.717) is 5.71 Å². The van der Waals surface area contributed by atoms with Crippen molar-refractivity contribution in [3.8, 4) is 33.4 Å². The molecule has 0 spiro atoms. The molecule has 0 amide bonds. The summed E-state index contributed by atoms with van der Waals surface area (Å²) in [6.45, 7) is 0. The molecule has 1 aliphatic rings. The second-order valence-corrected chi connectivity index (χ2v) is 14.3. The Balaban J connectivity index is 0.991. The van der Waals surface area contributed by atoms with Gasteiger partial charge in [-0.1, -0.05) is 182 Å². The molecule has 9 aromatic carbocycles. The smallest absolute Gasteiger partial charge is 0.0723 e. The van der Waals surface area contributed by atoms with E-state index in [1.807, 2.05) is 42.6 Å². The summed E-state index contributed by atoms with van der Waals surface area (Å²) >= 11 is 0. The molecule has 9 aromatic rings. The van der Waals surface area contributed by atoms with E-state index in [1.165, 1.54) is 66.1 Å². The number of rotatable bonds is 7. The minimum Gasteiger partial charge on any atom is -0.300 e. The lowest BCUT2D eigenvalue weighted by atomic mass is 9.92. The molecular weight excluding hydrogens is 665 g/mol. The topological polar surface area (TPSA) is 36.2 Å². The van der Waals surface area contributed by atoms with Crippen molar-refractivity contribution in [1.29, 1.82) is 5.41 Å². The predicted octanol–water partition coefficient (Wildman–Crippen LogP) is 13.6. The minimum atomic E-state index is 0.419. The minimum absolute atomic E-state index is 0.419. The zero-order valence-electron chi connectivity index (χ0n) is 30.2. The highest BCUT2D eigenvalue weighted by Crippen LogP contribution is 2.44. The van der Waals surface area contributed by atoms with Gasteiger partial charge in [0.1, 0.15) is 0 Å². The van der Waals surface area contributed by atoms with Crippen molar-refractivity contribution in [1.82, 2.24) is 0 Å². The summed E-state index contributed by atoms with van der Waals surface area (Å²) in [6, 6.07) is 66.6. The summed E-state index contributed by atoms with van der Waals surface area (Å²) in [6.07, 6.45) is 4.77. The molecule has 55 heavy (non-hydrogen) atoms. The van der Waals surface area contributed by atoms with Gasteiger partial charge in [0.25, 0.3) is 0 Å². The second kappa shape index (κ2) is 13.7. The second-order valence-electron chi connectivity index (χ2n) is 14.3. The van der Waals surface area contributed by atoms with Gasteiger partial charge in [-0.25, -0.2) is 0 Å². The first kappa shape index (κ1) is 32.5. The fourth-order valence-corrected chi connectivity index (χ4v) is 8.29. The lowest BCUT2D eigenvalue weighted by molar-refractivity contribution is 1.28. The Kier molecular flexibility index (Phi) is 8.08. The highest BCUT2D eigenvalue weighted by Gasteiger charge is 2.23. The SMILES string of the molecule is N=C(/C=C(\N=Cc1ccc(-c2ccc(-c3cccc4c3Cc3c-4ccc4ccccc34)cc2)c2ccccc12)c1ccc2ccccc2c1)c1ccccc1. The summed E-state index contributed by atoms with van der Waals surface area (Å²) in [5.41, 5.74) is 14.5. The Hall–Kier alpha value is -7.16. The quantitative estimate of drug-likeness (QED) is 0.161. The Morgan fingerprint density at radius 1 is 0.436 bits per heavy atom. The fourth-order valence-electron chi connectivity index (χ4n) is 8.29. The molecule has 0 saturated carbocycles. The molecule has 0 atom stereocenters. The Morgan fingerprint density at radius 3 is 1.87 bits per heavy atom. The van der Waals surface area contributed by atoms with E-state index in [2.05, 4.69) is 158 Å². The monoisotopic (exact) mass is 700 g/mol. The third-order valence-electron chi connectivity index (χ3n) is 11.1. The van der Waals surface area contributed by atoms with Crippen LogP contribution >= 0.6 is 0 Å². The molecule has 0 saturated heterocycles. The Morgan fingerprint density at radius 2 is 1.05 bits per heavy atom. The van der Waals surface area contributed by atoms with Crippen LogP contribution in [0.3, 0.4) is 0 Å². The van der Waals surface area contributed by atoms with Gasteiger partial charge in [-0.05, 0) is 101 Å². The summed E-state index contributed by atoms with van der Waals surface area (Å²) in [5.74, 6) is 0. The highest BCUT2D eigenvalue weighted by molar-refractivity contribution is 6.12. The molecule has 1 N–H and O–H groups in total. The van der Waals surface area contributed by atoms with Crippen molar-refractivity contribution in [3.63, 3.8) is 0 Å². The fraction of sp³-hybridized carbons (Fsp3) is 0.0189. The molecule has 0 fully saturated rings. The molecule has 258 valence electrons. The molecule has 0 unspecified atom stereocenters. The van der Waals surface area contributed by atoms with Gasteiger partial charge in [0, 0.05) is 17.3 Å². The third-order valence-corrected chi connectivity index (χ3v) is 11.1. The van der Waals surface area contributed by atoms with Crippen molar-refractivity contribution in [3.05, 3.63) is 222 Å². The normalized spacial score (nSPS) is 12.4. The molecule has 0 aromatic heterocycles. The van der Waals surface area contributed by atoms with E-state index in [0.717, 1.165) is 39.6 Å². The standard InChI is InChI=1S/C53H36N2/c54-52(39-13-2-1-3-14-39)33-53(41-26-21-35-11-4-5-15-40(35)31-41)55-34-42-28-29-46(47-18-9-8-17-45(42)47)38-24-22-37(23-25-38)44-19-10-20-48-49-30-27-36-12-6-7-16-43(36)51(49)32-50(44)48/h1-31,33-34,54H,32H2/b53-33-,54-52?,55-34?. The van der Waals surface area contributed by atoms with E-state index in [9.17, 15) is 0 Å². The number of aliphatic imine (C=N–C) groups is 1. The molecule has 0 radical (unpaired) electrons. The zero-order chi connectivity index (χ0) is 36.7. The van der Waals surface area contributed by atoms with Crippen molar-refractivity contribution in [2.75, 3.05) is 0 Å². The van der Waals surface area contributed by atoms with Crippen LogP contribution in [-0.2, 0) is 6.42 Å². The van der Waals surface area contributed by atoms with Gasteiger partial charge in [-0.3, -0.25) is 4.99 Å². The molecule has 10 rings (SSSR count). The van der Waals surface area contributed by atoms with Gasteiger partial charge < -0.3 is 5.41 Å². The van der Waals surface area contributed by atoms with Crippen LogP contribution in [0.2, 0.25) is 0 Å². The molecule has 0 aliphatic heterocycles. The maximum Gasteiger partial charge on any atom is 0.0723 e. The largest absolute Gasteiger partial charge is 0.300 e. The Bertz CT molecular complexity index is 3000. The van der Waals surface area contributed by atoms with Crippen molar-refractivity contribution in [2.24, 2.45) is 4.99 Å². The van der Waals surface area contributed by atoms with E-state index in [1.54, 1.807) is 0 Å². The van der Waals surface area contributed by atoms with E-state index >= 15 is 0 Å². The lowest BCUT2D eigenvalue weighted by Crippen LogP contribution is -1.96. The molecule has 1 aliphatic carbocycles. The average Bonchev–Trinajstić information content (AvgIpc) is 3.65. The van der Waals surface area contributed by atoms with Gasteiger partial charge >= 0.3 is 0 Å². The summed E-state index contributed by atoms with van der Waals surface area (Å²) in [5, 5.41) is 16.2. The van der Waals surface area contributed by atoms with Crippen LogP contribution in [0.4, 0.5) is 0 Å². The number of nitrogens with zero attached hydrogens (tertiary/aromatic N) is 1. The van der Waals surface area contributed by atoms with Crippen LogP contribution < -0.4 is 0 Å².